The van der Waals surface area contributed by atoms with Crippen molar-refractivity contribution in [3.8, 4) is 0 Å². The molecule has 0 radical (unpaired) electrons. The highest BCUT2D eigenvalue weighted by Gasteiger charge is 2.19. The number of ether oxygens (including phenoxy) is 1. The van der Waals surface area contributed by atoms with Gasteiger partial charge < -0.3 is 19.5 Å². The molecule has 130 valence electrons. The van der Waals surface area contributed by atoms with Crippen molar-refractivity contribution in [3.05, 3.63) is 18.2 Å². The lowest BCUT2D eigenvalue weighted by Crippen LogP contribution is -2.41. The second-order valence-electron chi connectivity index (χ2n) is 6.67. The Bertz CT molecular complexity index is 491. The Hall–Kier alpha value is -1.56. The molecule has 0 amide bonds. The van der Waals surface area contributed by atoms with E-state index in [-0.39, 0.29) is 0 Å². The van der Waals surface area contributed by atoms with Gasteiger partial charge in [0.15, 0.2) is 5.96 Å². The van der Waals surface area contributed by atoms with E-state index >= 15 is 0 Å². The van der Waals surface area contributed by atoms with Gasteiger partial charge in [0, 0.05) is 51.6 Å². The Kier molecular flexibility index (Phi) is 6.89. The van der Waals surface area contributed by atoms with Gasteiger partial charge in [-0.15, -0.1) is 0 Å². The molecular formula is C17H31N5O. The summed E-state index contributed by atoms with van der Waals surface area (Å²) < 4.78 is 7.67. The number of imidazole rings is 1. The summed E-state index contributed by atoms with van der Waals surface area (Å²) in [6, 6.07) is 0. The Balaban J connectivity index is 1.98. The highest BCUT2D eigenvalue weighted by atomic mass is 16.5. The molecule has 1 aromatic rings. The van der Waals surface area contributed by atoms with Crippen LogP contribution < -0.4 is 5.32 Å². The highest BCUT2D eigenvalue weighted by molar-refractivity contribution is 5.79. The summed E-state index contributed by atoms with van der Waals surface area (Å²) in [6.07, 6.45) is 5.04. The molecule has 1 aliphatic heterocycles. The lowest BCUT2D eigenvalue weighted by Gasteiger charge is -2.24. The van der Waals surface area contributed by atoms with Gasteiger partial charge >= 0.3 is 0 Å². The van der Waals surface area contributed by atoms with E-state index < -0.39 is 0 Å². The molecule has 2 rings (SSSR count). The molecule has 2 heterocycles. The van der Waals surface area contributed by atoms with Gasteiger partial charge in [0.2, 0.25) is 0 Å². The fourth-order valence-corrected chi connectivity index (χ4v) is 2.87. The van der Waals surface area contributed by atoms with E-state index in [1.165, 1.54) is 0 Å². The Morgan fingerprint density at radius 1 is 1.57 bits per heavy atom. The minimum absolute atomic E-state index is 0.602. The summed E-state index contributed by atoms with van der Waals surface area (Å²) in [5, 5.41) is 3.38. The SMILES string of the molecule is CCNC(=NCc1nccn1CC(C)C)N(C)CC1CCOC1. The van der Waals surface area contributed by atoms with Crippen LogP contribution in [0.1, 0.15) is 33.0 Å². The topological polar surface area (TPSA) is 54.7 Å². The normalized spacial score (nSPS) is 18.7. The largest absolute Gasteiger partial charge is 0.381 e. The van der Waals surface area contributed by atoms with Gasteiger partial charge in [-0.05, 0) is 19.3 Å². The Labute approximate surface area is 139 Å². The number of guanidine groups is 1. The first kappa shape index (κ1) is 17.8. The average molecular weight is 321 g/mol. The third-order valence-corrected chi connectivity index (χ3v) is 3.99. The molecule has 0 saturated carbocycles. The molecule has 1 unspecified atom stereocenters. The first-order valence-corrected chi connectivity index (χ1v) is 8.67. The second-order valence-corrected chi connectivity index (χ2v) is 6.67. The van der Waals surface area contributed by atoms with E-state index in [0.29, 0.717) is 18.4 Å². The molecule has 1 fully saturated rings. The molecule has 1 aliphatic rings. The third kappa shape index (κ3) is 5.53. The van der Waals surface area contributed by atoms with Crippen LogP contribution >= 0.6 is 0 Å². The van der Waals surface area contributed by atoms with Crippen LogP contribution in [0.2, 0.25) is 0 Å². The quantitative estimate of drug-likeness (QED) is 0.616. The van der Waals surface area contributed by atoms with Crippen molar-refractivity contribution >= 4 is 5.96 Å². The molecule has 6 nitrogen and oxygen atoms in total. The maximum Gasteiger partial charge on any atom is 0.194 e. The number of nitrogens with one attached hydrogen (secondary N) is 1. The zero-order valence-electron chi connectivity index (χ0n) is 15.0. The summed E-state index contributed by atoms with van der Waals surface area (Å²) in [4.78, 5) is 11.4. The lowest BCUT2D eigenvalue weighted by atomic mass is 10.1. The molecule has 1 atom stereocenters. The van der Waals surface area contributed by atoms with Gasteiger partial charge in [0.1, 0.15) is 12.4 Å². The van der Waals surface area contributed by atoms with Crippen molar-refractivity contribution in [2.24, 2.45) is 16.8 Å². The standard InChI is InChI=1S/C17H31N5O/c1-5-18-17(21(4)12-15-6-9-23-13-15)20-10-16-19-7-8-22(16)11-14(2)3/h7-8,14-15H,5-6,9-13H2,1-4H3,(H,18,20). The van der Waals surface area contributed by atoms with Gasteiger partial charge in [0.25, 0.3) is 0 Å². The maximum atomic E-state index is 5.47. The summed E-state index contributed by atoms with van der Waals surface area (Å²) in [6.45, 7) is 11.7. The molecule has 1 N–H and O–H groups in total. The van der Waals surface area contributed by atoms with Gasteiger partial charge in [-0.25, -0.2) is 9.98 Å². The van der Waals surface area contributed by atoms with Gasteiger partial charge in [-0.1, -0.05) is 13.8 Å². The van der Waals surface area contributed by atoms with Crippen molar-refractivity contribution in [2.75, 3.05) is 33.4 Å². The van der Waals surface area contributed by atoms with Crippen LogP contribution in [0.4, 0.5) is 0 Å². The van der Waals surface area contributed by atoms with Crippen molar-refractivity contribution in [3.63, 3.8) is 0 Å². The predicted molar refractivity (Wildman–Crippen MR) is 93.4 cm³/mol. The third-order valence-electron chi connectivity index (χ3n) is 3.99. The van der Waals surface area contributed by atoms with E-state index in [9.17, 15) is 0 Å². The summed E-state index contributed by atoms with van der Waals surface area (Å²) in [7, 11) is 2.10. The predicted octanol–water partition coefficient (Wildman–Crippen LogP) is 1.97. The van der Waals surface area contributed by atoms with E-state index in [4.69, 9.17) is 9.73 Å². The van der Waals surface area contributed by atoms with E-state index in [0.717, 1.165) is 51.1 Å². The number of hydrogen-bond acceptors (Lipinski definition) is 3. The lowest BCUT2D eigenvalue weighted by molar-refractivity contribution is 0.181. The van der Waals surface area contributed by atoms with Crippen molar-refractivity contribution in [2.45, 2.75) is 40.3 Å². The minimum Gasteiger partial charge on any atom is -0.381 e. The summed E-state index contributed by atoms with van der Waals surface area (Å²) in [5.41, 5.74) is 0. The van der Waals surface area contributed by atoms with Crippen LogP contribution in [0.5, 0.6) is 0 Å². The molecule has 1 saturated heterocycles. The molecule has 1 aromatic heterocycles. The zero-order chi connectivity index (χ0) is 16.7. The van der Waals surface area contributed by atoms with Crippen LogP contribution in [0.3, 0.4) is 0 Å². The second kappa shape index (κ2) is 8.91. The number of aliphatic imine (C=N–C) groups is 1. The first-order chi connectivity index (χ1) is 11.1. The zero-order valence-corrected chi connectivity index (χ0v) is 15.0. The summed E-state index contributed by atoms with van der Waals surface area (Å²) >= 11 is 0. The number of rotatable bonds is 7. The van der Waals surface area contributed by atoms with Gasteiger partial charge in [0.05, 0.1) is 6.61 Å². The van der Waals surface area contributed by atoms with Crippen LogP contribution in [0.25, 0.3) is 0 Å². The number of nitrogens with zero attached hydrogens (tertiary/aromatic N) is 4. The van der Waals surface area contributed by atoms with Gasteiger partial charge in [-0.3, -0.25) is 0 Å². The van der Waals surface area contributed by atoms with E-state index in [1.54, 1.807) is 0 Å². The molecule has 0 bridgehead atoms. The van der Waals surface area contributed by atoms with Gasteiger partial charge in [-0.2, -0.15) is 0 Å². The van der Waals surface area contributed by atoms with E-state index in [2.05, 4.69) is 47.6 Å². The van der Waals surface area contributed by atoms with Crippen LogP contribution in [0.15, 0.2) is 17.4 Å². The van der Waals surface area contributed by atoms with Crippen LogP contribution in [-0.2, 0) is 17.8 Å². The first-order valence-electron chi connectivity index (χ1n) is 8.67. The highest BCUT2D eigenvalue weighted by Crippen LogP contribution is 2.13. The minimum atomic E-state index is 0.602. The molecule has 0 spiro atoms. The molecular weight excluding hydrogens is 290 g/mol. The smallest absolute Gasteiger partial charge is 0.194 e. The van der Waals surface area contributed by atoms with Crippen molar-refractivity contribution in [1.29, 1.82) is 0 Å². The van der Waals surface area contributed by atoms with Crippen LogP contribution in [-0.4, -0.2) is 53.8 Å². The number of hydrogen-bond donors (Lipinski definition) is 1. The van der Waals surface area contributed by atoms with Crippen LogP contribution in [0, 0.1) is 11.8 Å². The monoisotopic (exact) mass is 321 g/mol. The molecule has 23 heavy (non-hydrogen) atoms. The van der Waals surface area contributed by atoms with E-state index in [1.807, 2.05) is 12.4 Å². The molecule has 6 heteroatoms. The Morgan fingerprint density at radius 3 is 3.04 bits per heavy atom. The maximum absolute atomic E-state index is 5.47. The number of aromatic nitrogens is 2. The fourth-order valence-electron chi connectivity index (χ4n) is 2.87. The average Bonchev–Trinajstić information content (AvgIpc) is 3.15. The summed E-state index contributed by atoms with van der Waals surface area (Å²) in [5.74, 6) is 3.17. The molecule has 0 aliphatic carbocycles. The van der Waals surface area contributed by atoms with Crippen molar-refractivity contribution < 1.29 is 4.74 Å². The fraction of sp³-hybridized carbons (Fsp3) is 0.765. The molecule has 0 aromatic carbocycles. The Morgan fingerprint density at radius 2 is 2.39 bits per heavy atom. The van der Waals surface area contributed by atoms with Crippen molar-refractivity contribution in [1.82, 2.24) is 19.8 Å².